The van der Waals surface area contributed by atoms with Crippen LogP contribution in [-0.4, -0.2) is 15.9 Å². The van der Waals surface area contributed by atoms with E-state index in [9.17, 15) is 9.59 Å². The highest BCUT2D eigenvalue weighted by atomic mass is 16.4. The molecule has 25 heavy (non-hydrogen) atoms. The van der Waals surface area contributed by atoms with Crippen LogP contribution in [0.15, 0.2) is 76.1 Å². The van der Waals surface area contributed by atoms with Crippen LogP contribution in [0.1, 0.15) is 10.5 Å². The normalized spacial score (nSPS) is 10.7. The number of aromatic nitrogens is 2. The molecule has 2 heterocycles. The molecule has 2 aromatic carbocycles. The molecule has 0 bridgehead atoms. The number of hydrogen-bond donors (Lipinski definition) is 2. The molecule has 0 fully saturated rings. The van der Waals surface area contributed by atoms with Crippen LogP contribution in [0, 0.1) is 0 Å². The highest BCUT2D eigenvalue weighted by Gasteiger charge is 2.14. The molecule has 0 saturated heterocycles. The first-order chi connectivity index (χ1) is 12.2. The summed E-state index contributed by atoms with van der Waals surface area (Å²) in [5.74, 6) is -0.133. The average molecular weight is 331 g/mol. The van der Waals surface area contributed by atoms with Crippen LogP contribution in [0.3, 0.4) is 0 Å². The van der Waals surface area contributed by atoms with Crippen LogP contribution in [-0.2, 0) is 0 Å². The lowest BCUT2D eigenvalue weighted by Gasteiger charge is -2.09. The van der Waals surface area contributed by atoms with Gasteiger partial charge in [0.1, 0.15) is 5.69 Å². The van der Waals surface area contributed by atoms with Gasteiger partial charge >= 0.3 is 5.63 Å². The number of benzene rings is 2. The van der Waals surface area contributed by atoms with Crippen LogP contribution in [0.4, 0.5) is 5.69 Å². The maximum Gasteiger partial charge on any atom is 0.347 e. The van der Waals surface area contributed by atoms with Crippen molar-refractivity contribution in [3.05, 3.63) is 83.0 Å². The van der Waals surface area contributed by atoms with Gasteiger partial charge in [0.05, 0.1) is 22.2 Å². The zero-order chi connectivity index (χ0) is 17.2. The summed E-state index contributed by atoms with van der Waals surface area (Å²) in [5.41, 5.74) is 1.55. The summed E-state index contributed by atoms with van der Waals surface area (Å²) >= 11 is 0. The summed E-state index contributed by atoms with van der Waals surface area (Å²) in [4.78, 5) is 31.7. The Bertz CT molecular complexity index is 1110. The smallest absolute Gasteiger partial charge is 0.347 e. The molecule has 4 rings (SSSR count). The van der Waals surface area contributed by atoms with Gasteiger partial charge in [0.25, 0.3) is 5.91 Å². The topological polar surface area (TPSA) is 88.0 Å². The Kier molecular flexibility index (Phi) is 3.63. The molecule has 2 N–H and O–H groups in total. The van der Waals surface area contributed by atoms with E-state index < -0.39 is 5.63 Å². The van der Waals surface area contributed by atoms with E-state index in [4.69, 9.17) is 4.42 Å². The monoisotopic (exact) mass is 331 g/mol. The number of H-pyrrole nitrogens is 1. The molecule has 0 spiro atoms. The minimum absolute atomic E-state index is 0.158. The minimum Gasteiger partial charge on any atom is -0.403 e. The van der Waals surface area contributed by atoms with Gasteiger partial charge in [-0.3, -0.25) is 4.79 Å². The third kappa shape index (κ3) is 2.81. The van der Waals surface area contributed by atoms with Crippen molar-refractivity contribution in [2.75, 3.05) is 5.32 Å². The summed E-state index contributed by atoms with van der Waals surface area (Å²) in [6.07, 6.45) is 1.67. The van der Waals surface area contributed by atoms with Crippen molar-refractivity contribution in [2.24, 2.45) is 0 Å². The Labute approximate surface area is 142 Å². The molecule has 0 atom stereocenters. The summed E-state index contributed by atoms with van der Waals surface area (Å²) < 4.78 is 5.36. The minimum atomic E-state index is -0.467. The first-order valence-corrected chi connectivity index (χ1v) is 7.66. The van der Waals surface area contributed by atoms with E-state index in [1.54, 1.807) is 66.9 Å². The SMILES string of the molecule is O=C(Nc1ccccc1-c1nc2ccccc2c(=O)o1)c1ccc[nH]1. The fourth-order valence-corrected chi connectivity index (χ4v) is 2.57. The van der Waals surface area contributed by atoms with Gasteiger partial charge in [0.2, 0.25) is 5.89 Å². The van der Waals surface area contributed by atoms with Crippen LogP contribution >= 0.6 is 0 Å². The predicted octanol–water partition coefficient (Wildman–Crippen LogP) is 3.44. The van der Waals surface area contributed by atoms with E-state index in [-0.39, 0.29) is 11.8 Å². The molecule has 0 aliphatic carbocycles. The molecule has 122 valence electrons. The number of anilines is 1. The largest absolute Gasteiger partial charge is 0.403 e. The molecule has 0 radical (unpaired) electrons. The fourth-order valence-electron chi connectivity index (χ4n) is 2.57. The van der Waals surface area contributed by atoms with Gasteiger partial charge in [0, 0.05) is 6.20 Å². The van der Waals surface area contributed by atoms with E-state index in [1.165, 1.54) is 0 Å². The lowest BCUT2D eigenvalue weighted by atomic mass is 10.1. The number of fused-ring (bicyclic) bond motifs is 1. The zero-order valence-corrected chi connectivity index (χ0v) is 13.0. The number of carbonyl (C=O) groups excluding carboxylic acids is 1. The third-order valence-electron chi connectivity index (χ3n) is 3.78. The number of para-hydroxylation sites is 2. The lowest BCUT2D eigenvalue weighted by molar-refractivity contribution is 0.102. The van der Waals surface area contributed by atoms with E-state index in [0.29, 0.717) is 27.8 Å². The fraction of sp³-hybridized carbons (Fsp3) is 0. The molecular formula is C19H13N3O3. The lowest BCUT2D eigenvalue weighted by Crippen LogP contribution is -2.13. The van der Waals surface area contributed by atoms with Gasteiger partial charge in [0.15, 0.2) is 0 Å². The van der Waals surface area contributed by atoms with Crippen LogP contribution < -0.4 is 10.9 Å². The Hall–Kier alpha value is -3.67. The molecule has 0 aliphatic rings. The second-order valence-corrected chi connectivity index (χ2v) is 5.41. The van der Waals surface area contributed by atoms with E-state index in [2.05, 4.69) is 15.3 Å². The summed E-state index contributed by atoms with van der Waals surface area (Å²) in [6, 6.07) is 17.4. The maximum absolute atomic E-state index is 12.3. The Morgan fingerprint density at radius 2 is 1.80 bits per heavy atom. The first-order valence-electron chi connectivity index (χ1n) is 7.66. The molecule has 0 aliphatic heterocycles. The van der Waals surface area contributed by atoms with Gasteiger partial charge in [-0.15, -0.1) is 0 Å². The summed E-state index contributed by atoms with van der Waals surface area (Å²) in [6.45, 7) is 0. The van der Waals surface area contributed by atoms with E-state index >= 15 is 0 Å². The number of amides is 1. The van der Waals surface area contributed by atoms with Crippen LogP contribution in [0.5, 0.6) is 0 Å². The molecule has 6 nitrogen and oxygen atoms in total. The highest BCUT2D eigenvalue weighted by Crippen LogP contribution is 2.27. The number of hydrogen-bond acceptors (Lipinski definition) is 4. The highest BCUT2D eigenvalue weighted by molar-refractivity contribution is 6.04. The Morgan fingerprint density at radius 3 is 2.64 bits per heavy atom. The van der Waals surface area contributed by atoms with Crippen molar-refractivity contribution >= 4 is 22.5 Å². The van der Waals surface area contributed by atoms with Crippen LogP contribution in [0.25, 0.3) is 22.4 Å². The molecule has 0 unspecified atom stereocenters. The van der Waals surface area contributed by atoms with Crippen molar-refractivity contribution in [3.8, 4) is 11.5 Å². The number of nitrogens with one attached hydrogen (secondary N) is 2. The Balaban J connectivity index is 1.79. The van der Waals surface area contributed by atoms with Gasteiger partial charge < -0.3 is 14.7 Å². The number of carbonyl (C=O) groups is 1. The maximum atomic E-state index is 12.3. The van der Waals surface area contributed by atoms with Crippen LogP contribution in [0.2, 0.25) is 0 Å². The molecule has 6 heteroatoms. The first kappa shape index (κ1) is 14.9. The van der Waals surface area contributed by atoms with Crippen molar-refractivity contribution in [1.82, 2.24) is 9.97 Å². The average Bonchev–Trinajstić information content (AvgIpc) is 3.17. The summed E-state index contributed by atoms with van der Waals surface area (Å²) in [7, 11) is 0. The second kappa shape index (κ2) is 6.09. The van der Waals surface area contributed by atoms with Gasteiger partial charge in [-0.2, -0.15) is 0 Å². The quantitative estimate of drug-likeness (QED) is 0.602. The van der Waals surface area contributed by atoms with Gasteiger partial charge in [-0.05, 0) is 36.4 Å². The number of aromatic amines is 1. The van der Waals surface area contributed by atoms with E-state index in [1.807, 2.05) is 0 Å². The Morgan fingerprint density at radius 1 is 1.00 bits per heavy atom. The molecular weight excluding hydrogens is 318 g/mol. The number of nitrogens with zero attached hydrogens (tertiary/aromatic N) is 1. The zero-order valence-electron chi connectivity index (χ0n) is 13.0. The van der Waals surface area contributed by atoms with E-state index in [0.717, 1.165) is 0 Å². The molecule has 1 amide bonds. The van der Waals surface area contributed by atoms with Gasteiger partial charge in [-0.25, -0.2) is 9.78 Å². The van der Waals surface area contributed by atoms with Crippen molar-refractivity contribution in [3.63, 3.8) is 0 Å². The van der Waals surface area contributed by atoms with Gasteiger partial charge in [-0.1, -0.05) is 24.3 Å². The predicted molar refractivity (Wildman–Crippen MR) is 94.5 cm³/mol. The molecule has 2 aromatic heterocycles. The standard InChI is InChI=1S/C19H13N3O3/c23-17(16-10-5-11-20-16)21-14-8-3-1-6-12(14)18-22-15-9-4-2-7-13(15)19(24)25-18/h1-11,20H,(H,21,23). The van der Waals surface area contributed by atoms with Crippen molar-refractivity contribution in [2.45, 2.75) is 0 Å². The van der Waals surface area contributed by atoms with Crippen molar-refractivity contribution < 1.29 is 9.21 Å². The molecule has 0 saturated carbocycles. The third-order valence-corrected chi connectivity index (χ3v) is 3.78. The summed E-state index contributed by atoms with van der Waals surface area (Å²) in [5, 5.41) is 3.22. The van der Waals surface area contributed by atoms with Crippen molar-refractivity contribution in [1.29, 1.82) is 0 Å². The molecule has 4 aromatic rings. The number of rotatable bonds is 3. The second-order valence-electron chi connectivity index (χ2n) is 5.41.